The molecule has 0 aliphatic carbocycles. The molecule has 0 saturated carbocycles. The van der Waals surface area contributed by atoms with Gasteiger partial charge in [0.1, 0.15) is 18.3 Å². The van der Waals surface area contributed by atoms with E-state index in [-0.39, 0.29) is 5.91 Å². The minimum atomic E-state index is -0.132. The molecule has 0 aliphatic rings. The zero-order valence-corrected chi connectivity index (χ0v) is 13.2. The van der Waals surface area contributed by atoms with E-state index in [1.165, 1.54) is 6.33 Å². The summed E-state index contributed by atoms with van der Waals surface area (Å²) < 4.78 is 2.61. The number of aromatic amines is 1. The molecule has 1 aromatic carbocycles. The molecule has 1 amide bonds. The first-order chi connectivity index (χ1) is 10.7. The van der Waals surface area contributed by atoms with Crippen LogP contribution in [0.5, 0.6) is 0 Å². The van der Waals surface area contributed by atoms with Gasteiger partial charge in [0.05, 0.1) is 6.54 Å². The summed E-state index contributed by atoms with van der Waals surface area (Å²) in [6.45, 7) is 1.13. The maximum atomic E-state index is 12.0. The Kier molecular flexibility index (Phi) is 4.34. The van der Waals surface area contributed by atoms with Crippen molar-refractivity contribution in [2.75, 3.05) is 0 Å². The lowest BCUT2D eigenvalue weighted by molar-refractivity contribution is 0.0946. The number of nitrogens with one attached hydrogen (secondary N) is 2. The van der Waals surface area contributed by atoms with Gasteiger partial charge in [0.25, 0.3) is 5.91 Å². The maximum Gasteiger partial charge on any atom is 0.267 e. The fourth-order valence-electron chi connectivity index (χ4n) is 2.12. The number of benzene rings is 1. The third-order valence-electron chi connectivity index (χ3n) is 3.15. The van der Waals surface area contributed by atoms with Crippen molar-refractivity contribution in [1.29, 1.82) is 0 Å². The average Bonchev–Trinajstić information content (AvgIpc) is 3.17. The Morgan fingerprint density at radius 3 is 2.91 bits per heavy atom. The summed E-state index contributed by atoms with van der Waals surface area (Å²) in [6, 6.07) is 9.77. The SMILES string of the molecule is O=C(NCc1cccc(Cn2cncn2)c1)c1cc(Br)c[nH]1. The van der Waals surface area contributed by atoms with Gasteiger partial charge in [-0.25, -0.2) is 9.67 Å². The second-order valence-corrected chi connectivity index (χ2v) is 5.74. The zero-order valence-electron chi connectivity index (χ0n) is 11.7. The Bertz CT molecular complexity index is 766. The van der Waals surface area contributed by atoms with Crippen LogP contribution in [-0.2, 0) is 13.1 Å². The van der Waals surface area contributed by atoms with Crippen molar-refractivity contribution in [3.63, 3.8) is 0 Å². The number of H-pyrrole nitrogens is 1. The molecular formula is C15H14BrN5O. The number of aromatic nitrogens is 4. The van der Waals surface area contributed by atoms with Crippen LogP contribution in [0.25, 0.3) is 0 Å². The molecule has 2 N–H and O–H groups in total. The Morgan fingerprint density at radius 2 is 2.18 bits per heavy atom. The van der Waals surface area contributed by atoms with Gasteiger partial charge >= 0.3 is 0 Å². The first-order valence-corrected chi connectivity index (χ1v) is 7.52. The minimum Gasteiger partial charge on any atom is -0.356 e. The predicted molar refractivity (Wildman–Crippen MR) is 85.2 cm³/mol. The molecular weight excluding hydrogens is 346 g/mol. The van der Waals surface area contributed by atoms with Crippen LogP contribution in [-0.4, -0.2) is 25.7 Å². The molecule has 2 heterocycles. The zero-order chi connectivity index (χ0) is 15.4. The molecule has 0 bridgehead atoms. The number of nitrogens with zero attached hydrogens (tertiary/aromatic N) is 3. The number of halogens is 1. The number of hydrogen-bond donors (Lipinski definition) is 2. The van der Waals surface area contributed by atoms with E-state index in [4.69, 9.17) is 0 Å². The fourth-order valence-corrected chi connectivity index (χ4v) is 2.46. The van der Waals surface area contributed by atoms with Crippen LogP contribution >= 0.6 is 15.9 Å². The maximum absolute atomic E-state index is 12.0. The Balaban J connectivity index is 1.62. The van der Waals surface area contributed by atoms with E-state index in [1.807, 2.05) is 24.3 Å². The molecule has 0 atom stereocenters. The highest BCUT2D eigenvalue weighted by atomic mass is 79.9. The van der Waals surface area contributed by atoms with E-state index in [9.17, 15) is 4.79 Å². The first kappa shape index (κ1) is 14.5. The monoisotopic (exact) mass is 359 g/mol. The lowest BCUT2D eigenvalue weighted by atomic mass is 10.1. The first-order valence-electron chi connectivity index (χ1n) is 6.73. The molecule has 6 nitrogen and oxygen atoms in total. The lowest BCUT2D eigenvalue weighted by Crippen LogP contribution is -2.23. The number of carbonyl (C=O) groups excluding carboxylic acids is 1. The summed E-state index contributed by atoms with van der Waals surface area (Å²) in [7, 11) is 0. The van der Waals surface area contributed by atoms with Crippen LogP contribution in [0.1, 0.15) is 21.6 Å². The topological polar surface area (TPSA) is 75.6 Å². The van der Waals surface area contributed by atoms with Crippen molar-refractivity contribution >= 4 is 21.8 Å². The van der Waals surface area contributed by atoms with Crippen LogP contribution in [0.4, 0.5) is 0 Å². The predicted octanol–water partition coefficient (Wildman–Crippen LogP) is 2.35. The third-order valence-corrected chi connectivity index (χ3v) is 3.61. The third kappa shape index (κ3) is 3.62. The number of hydrogen-bond acceptors (Lipinski definition) is 3. The minimum absolute atomic E-state index is 0.132. The molecule has 0 saturated heterocycles. The van der Waals surface area contributed by atoms with Gasteiger partial charge < -0.3 is 10.3 Å². The molecule has 112 valence electrons. The summed E-state index contributed by atoms with van der Waals surface area (Å²) in [4.78, 5) is 18.8. The summed E-state index contributed by atoms with van der Waals surface area (Å²) >= 11 is 3.31. The van der Waals surface area contributed by atoms with Gasteiger partial charge in [0.2, 0.25) is 0 Å². The van der Waals surface area contributed by atoms with Crippen molar-refractivity contribution in [2.24, 2.45) is 0 Å². The molecule has 0 spiro atoms. The van der Waals surface area contributed by atoms with E-state index in [0.717, 1.165) is 15.6 Å². The van der Waals surface area contributed by atoms with Crippen LogP contribution in [0, 0.1) is 0 Å². The summed E-state index contributed by atoms with van der Waals surface area (Å²) in [5.41, 5.74) is 2.68. The van der Waals surface area contributed by atoms with Crippen LogP contribution < -0.4 is 5.32 Å². The molecule has 0 fully saturated rings. The second kappa shape index (κ2) is 6.57. The summed E-state index contributed by atoms with van der Waals surface area (Å²) in [5.74, 6) is -0.132. The Hall–Kier alpha value is -2.41. The Morgan fingerprint density at radius 1 is 1.32 bits per heavy atom. The molecule has 22 heavy (non-hydrogen) atoms. The highest BCUT2D eigenvalue weighted by Crippen LogP contribution is 2.11. The standard InChI is InChI=1S/C15H14BrN5O/c16-13-5-14(18-7-13)15(22)19-6-11-2-1-3-12(4-11)8-21-10-17-9-20-21/h1-5,7,9-10,18H,6,8H2,(H,19,22). The average molecular weight is 360 g/mol. The largest absolute Gasteiger partial charge is 0.356 e. The van der Waals surface area contributed by atoms with E-state index in [1.54, 1.807) is 23.3 Å². The van der Waals surface area contributed by atoms with Gasteiger partial charge in [-0.15, -0.1) is 0 Å². The normalized spacial score (nSPS) is 10.6. The van der Waals surface area contributed by atoms with E-state index < -0.39 is 0 Å². The van der Waals surface area contributed by atoms with Gasteiger partial charge in [-0.1, -0.05) is 24.3 Å². The van der Waals surface area contributed by atoms with Crippen LogP contribution in [0.15, 0.2) is 53.7 Å². The quantitative estimate of drug-likeness (QED) is 0.734. The highest BCUT2D eigenvalue weighted by molar-refractivity contribution is 9.10. The van der Waals surface area contributed by atoms with Gasteiger partial charge in [0.15, 0.2) is 0 Å². The van der Waals surface area contributed by atoms with Crippen molar-refractivity contribution in [3.05, 3.63) is 70.5 Å². The molecule has 0 radical (unpaired) electrons. The number of carbonyl (C=O) groups is 1. The van der Waals surface area contributed by atoms with E-state index >= 15 is 0 Å². The van der Waals surface area contributed by atoms with Crippen LogP contribution in [0.3, 0.4) is 0 Å². The second-order valence-electron chi connectivity index (χ2n) is 4.83. The van der Waals surface area contributed by atoms with E-state index in [2.05, 4.69) is 36.3 Å². The lowest BCUT2D eigenvalue weighted by Gasteiger charge is -2.07. The van der Waals surface area contributed by atoms with Crippen LogP contribution in [0.2, 0.25) is 0 Å². The van der Waals surface area contributed by atoms with Crippen molar-refractivity contribution < 1.29 is 4.79 Å². The fraction of sp³-hybridized carbons (Fsp3) is 0.133. The molecule has 3 aromatic rings. The smallest absolute Gasteiger partial charge is 0.267 e. The van der Waals surface area contributed by atoms with Gasteiger partial charge in [-0.2, -0.15) is 5.10 Å². The van der Waals surface area contributed by atoms with Crippen molar-refractivity contribution in [1.82, 2.24) is 25.1 Å². The van der Waals surface area contributed by atoms with Gasteiger partial charge in [-0.05, 0) is 33.1 Å². The molecule has 2 aromatic heterocycles. The van der Waals surface area contributed by atoms with Crippen molar-refractivity contribution in [3.8, 4) is 0 Å². The molecule has 0 aliphatic heterocycles. The molecule has 7 heteroatoms. The molecule has 3 rings (SSSR count). The number of amides is 1. The van der Waals surface area contributed by atoms with E-state index in [0.29, 0.717) is 18.8 Å². The van der Waals surface area contributed by atoms with Gasteiger partial charge in [-0.3, -0.25) is 4.79 Å². The Labute approximate surface area is 135 Å². The highest BCUT2D eigenvalue weighted by Gasteiger charge is 2.07. The summed E-state index contributed by atoms with van der Waals surface area (Å²) in [6.07, 6.45) is 4.92. The van der Waals surface area contributed by atoms with Gasteiger partial charge in [0, 0.05) is 17.2 Å². The van der Waals surface area contributed by atoms with Crippen molar-refractivity contribution in [2.45, 2.75) is 13.1 Å². The molecule has 0 unspecified atom stereocenters. The number of rotatable bonds is 5. The summed E-state index contributed by atoms with van der Waals surface area (Å²) in [5, 5.41) is 6.97.